The van der Waals surface area contributed by atoms with Gasteiger partial charge in [-0.05, 0) is 19.8 Å². The zero-order valence-electron chi connectivity index (χ0n) is 11.7. The van der Waals surface area contributed by atoms with E-state index in [-0.39, 0.29) is 18.7 Å². The van der Waals surface area contributed by atoms with Crippen LogP contribution in [0.5, 0.6) is 0 Å². The molecule has 0 unspecified atom stereocenters. The number of likely N-dealkylation sites (N-methyl/N-ethyl adjacent to an activating group) is 1. The zero-order chi connectivity index (χ0) is 14.8. The van der Waals surface area contributed by atoms with Crippen molar-refractivity contribution in [1.82, 2.24) is 4.90 Å². The molecule has 2 amide bonds. The Morgan fingerprint density at radius 3 is 2.21 bits per heavy atom. The van der Waals surface area contributed by atoms with Crippen LogP contribution in [0.3, 0.4) is 0 Å². The number of amides is 2. The molecule has 0 fully saturated rings. The zero-order valence-corrected chi connectivity index (χ0v) is 11.7. The average Bonchev–Trinajstić information content (AvgIpc) is 2.33. The first kappa shape index (κ1) is 17.4. The van der Waals surface area contributed by atoms with Gasteiger partial charge in [0, 0.05) is 19.4 Å². The standard InChI is InChI=1S/C13H24N2O4/c1-3-5-6-7-12(17)15(4-2)10(13(18)19)8-9-11(14)16/h10H,3-9H2,1-2H3,(H2,14,16)(H,18,19)/t10-/m0/s1. The maximum absolute atomic E-state index is 12.0. The number of unbranched alkanes of at least 4 members (excludes halogenated alkanes) is 2. The fraction of sp³-hybridized carbons (Fsp3) is 0.769. The number of carboxylic acid groups (broad SMARTS) is 1. The smallest absolute Gasteiger partial charge is 0.326 e. The molecule has 0 aromatic carbocycles. The lowest BCUT2D eigenvalue weighted by Crippen LogP contribution is -2.45. The summed E-state index contributed by atoms with van der Waals surface area (Å²) in [5, 5.41) is 9.16. The van der Waals surface area contributed by atoms with Gasteiger partial charge in [0.05, 0.1) is 0 Å². The van der Waals surface area contributed by atoms with Crippen LogP contribution >= 0.6 is 0 Å². The highest BCUT2D eigenvalue weighted by molar-refractivity contribution is 5.84. The highest BCUT2D eigenvalue weighted by Crippen LogP contribution is 2.11. The van der Waals surface area contributed by atoms with Crippen molar-refractivity contribution in [2.45, 2.75) is 58.4 Å². The number of carbonyl (C=O) groups is 3. The summed E-state index contributed by atoms with van der Waals surface area (Å²) >= 11 is 0. The third-order valence-corrected chi connectivity index (χ3v) is 2.98. The summed E-state index contributed by atoms with van der Waals surface area (Å²) < 4.78 is 0. The number of nitrogens with two attached hydrogens (primary N) is 1. The fourth-order valence-electron chi connectivity index (χ4n) is 1.93. The predicted octanol–water partition coefficient (Wildman–Crippen LogP) is 1.13. The van der Waals surface area contributed by atoms with Crippen LogP contribution in [0.15, 0.2) is 0 Å². The molecule has 0 saturated heterocycles. The minimum absolute atomic E-state index is 0.0320. The predicted molar refractivity (Wildman–Crippen MR) is 71.4 cm³/mol. The summed E-state index contributed by atoms with van der Waals surface area (Å²) in [6.07, 6.45) is 3.09. The summed E-state index contributed by atoms with van der Waals surface area (Å²) in [6.45, 7) is 4.09. The second-order valence-electron chi connectivity index (χ2n) is 4.50. The van der Waals surface area contributed by atoms with Crippen LogP contribution in [0.4, 0.5) is 0 Å². The molecule has 0 bridgehead atoms. The molecule has 1 atom stereocenters. The van der Waals surface area contributed by atoms with Gasteiger partial charge in [-0.2, -0.15) is 0 Å². The van der Waals surface area contributed by atoms with Gasteiger partial charge in [0.15, 0.2) is 0 Å². The largest absolute Gasteiger partial charge is 0.480 e. The van der Waals surface area contributed by atoms with Gasteiger partial charge in [-0.3, -0.25) is 9.59 Å². The first-order valence-electron chi connectivity index (χ1n) is 6.74. The molecule has 0 aliphatic carbocycles. The molecule has 0 aromatic heterocycles. The molecule has 0 aliphatic rings. The number of carboxylic acids is 1. The Labute approximate surface area is 113 Å². The first-order chi connectivity index (χ1) is 8.93. The summed E-state index contributed by atoms with van der Waals surface area (Å²) in [5.74, 6) is -1.82. The maximum atomic E-state index is 12.0. The molecule has 19 heavy (non-hydrogen) atoms. The van der Waals surface area contributed by atoms with Gasteiger partial charge in [-0.1, -0.05) is 19.8 Å². The van der Waals surface area contributed by atoms with Crippen molar-refractivity contribution >= 4 is 17.8 Å². The Bertz CT molecular complexity index is 318. The van der Waals surface area contributed by atoms with Gasteiger partial charge in [0.1, 0.15) is 6.04 Å². The highest BCUT2D eigenvalue weighted by Gasteiger charge is 2.28. The van der Waals surface area contributed by atoms with E-state index in [4.69, 9.17) is 10.8 Å². The molecule has 110 valence electrons. The second-order valence-corrected chi connectivity index (χ2v) is 4.50. The van der Waals surface area contributed by atoms with E-state index in [1.807, 2.05) is 6.92 Å². The van der Waals surface area contributed by atoms with E-state index in [2.05, 4.69) is 0 Å². The number of primary amides is 1. The van der Waals surface area contributed by atoms with Crippen molar-refractivity contribution in [1.29, 1.82) is 0 Å². The van der Waals surface area contributed by atoms with Crippen LogP contribution in [0, 0.1) is 0 Å². The molecule has 0 spiro atoms. The van der Waals surface area contributed by atoms with Crippen LogP contribution < -0.4 is 5.73 Å². The molecular weight excluding hydrogens is 248 g/mol. The van der Waals surface area contributed by atoms with Gasteiger partial charge >= 0.3 is 5.97 Å². The molecule has 0 aromatic rings. The SMILES string of the molecule is CCCCCC(=O)N(CC)[C@@H](CCC(N)=O)C(=O)O. The van der Waals surface area contributed by atoms with Crippen LogP contribution in [0.25, 0.3) is 0 Å². The van der Waals surface area contributed by atoms with Gasteiger partial charge in [-0.25, -0.2) is 4.79 Å². The minimum Gasteiger partial charge on any atom is -0.480 e. The second kappa shape index (κ2) is 9.35. The first-order valence-corrected chi connectivity index (χ1v) is 6.74. The van der Waals surface area contributed by atoms with E-state index < -0.39 is 17.9 Å². The topological polar surface area (TPSA) is 101 Å². The van der Waals surface area contributed by atoms with Gasteiger partial charge in [0.25, 0.3) is 0 Å². The molecular formula is C13H24N2O4. The number of nitrogens with zero attached hydrogens (tertiary/aromatic N) is 1. The average molecular weight is 272 g/mol. The lowest BCUT2D eigenvalue weighted by Gasteiger charge is -2.27. The third kappa shape index (κ3) is 6.79. The summed E-state index contributed by atoms with van der Waals surface area (Å²) in [4.78, 5) is 35.3. The van der Waals surface area contributed by atoms with E-state index in [1.165, 1.54) is 4.90 Å². The summed E-state index contributed by atoms with van der Waals surface area (Å²) in [6, 6.07) is -0.966. The Kier molecular flexibility index (Phi) is 8.57. The van der Waals surface area contributed by atoms with Crippen molar-refractivity contribution < 1.29 is 19.5 Å². The molecule has 6 heteroatoms. The van der Waals surface area contributed by atoms with Gasteiger partial charge in [-0.15, -0.1) is 0 Å². The number of aliphatic carboxylic acids is 1. The van der Waals surface area contributed by atoms with Crippen molar-refractivity contribution in [3.8, 4) is 0 Å². The van der Waals surface area contributed by atoms with Crippen molar-refractivity contribution in [3.05, 3.63) is 0 Å². The normalized spacial score (nSPS) is 11.9. The minimum atomic E-state index is -1.09. The van der Waals surface area contributed by atoms with E-state index >= 15 is 0 Å². The quantitative estimate of drug-likeness (QED) is 0.582. The van der Waals surface area contributed by atoms with Crippen LogP contribution in [0.1, 0.15) is 52.4 Å². The summed E-state index contributed by atoms with van der Waals surface area (Å²) in [5.41, 5.74) is 5.02. The van der Waals surface area contributed by atoms with Crippen LogP contribution in [0.2, 0.25) is 0 Å². The molecule has 0 rings (SSSR count). The molecule has 0 aliphatic heterocycles. The number of hydrogen-bond acceptors (Lipinski definition) is 3. The Hall–Kier alpha value is -1.59. The molecule has 6 nitrogen and oxygen atoms in total. The molecule has 0 radical (unpaired) electrons. The monoisotopic (exact) mass is 272 g/mol. The van der Waals surface area contributed by atoms with Crippen LogP contribution in [-0.4, -0.2) is 40.4 Å². The van der Waals surface area contributed by atoms with Crippen molar-refractivity contribution in [3.63, 3.8) is 0 Å². The van der Waals surface area contributed by atoms with Crippen LogP contribution in [-0.2, 0) is 14.4 Å². The molecule has 0 heterocycles. The van der Waals surface area contributed by atoms with E-state index in [1.54, 1.807) is 6.92 Å². The lowest BCUT2D eigenvalue weighted by atomic mass is 10.1. The third-order valence-electron chi connectivity index (χ3n) is 2.98. The molecule has 3 N–H and O–H groups in total. The Balaban J connectivity index is 4.59. The number of rotatable bonds is 10. The van der Waals surface area contributed by atoms with Crippen molar-refractivity contribution in [2.75, 3.05) is 6.54 Å². The molecule has 0 saturated carbocycles. The van der Waals surface area contributed by atoms with E-state index in [0.29, 0.717) is 13.0 Å². The fourth-order valence-corrected chi connectivity index (χ4v) is 1.93. The number of hydrogen-bond donors (Lipinski definition) is 2. The Morgan fingerprint density at radius 1 is 1.16 bits per heavy atom. The maximum Gasteiger partial charge on any atom is 0.326 e. The van der Waals surface area contributed by atoms with Crippen molar-refractivity contribution in [2.24, 2.45) is 5.73 Å². The Morgan fingerprint density at radius 2 is 1.79 bits per heavy atom. The van der Waals surface area contributed by atoms with Gasteiger partial charge < -0.3 is 15.7 Å². The van der Waals surface area contributed by atoms with E-state index in [0.717, 1.165) is 19.3 Å². The summed E-state index contributed by atoms with van der Waals surface area (Å²) in [7, 11) is 0. The number of carbonyl (C=O) groups excluding carboxylic acids is 2. The highest BCUT2D eigenvalue weighted by atomic mass is 16.4. The lowest BCUT2D eigenvalue weighted by molar-refractivity contribution is -0.150. The van der Waals surface area contributed by atoms with Gasteiger partial charge in [0.2, 0.25) is 11.8 Å². The van der Waals surface area contributed by atoms with E-state index in [9.17, 15) is 14.4 Å².